The van der Waals surface area contributed by atoms with Crippen molar-refractivity contribution in [2.24, 2.45) is 5.73 Å². The van der Waals surface area contributed by atoms with E-state index in [4.69, 9.17) is 16.9 Å². The second-order valence-corrected chi connectivity index (χ2v) is 9.45. The zero-order valence-electron chi connectivity index (χ0n) is 21.6. The van der Waals surface area contributed by atoms with Crippen LogP contribution in [0.2, 0.25) is 0 Å². The third-order valence-electron chi connectivity index (χ3n) is 5.11. The summed E-state index contributed by atoms with van der Waals surface area (Å²) in [4.78, 5) is 51.7. The SMILES string of the molecule is C#CN(C(=O)C(CCC(N)=O)NC(=O)OC(C)(C)C)C(C(=O)NCCCC)c1cc(C)ccc1C. The van der Waals surface area contributed by atoms with Gasteiger partial charge in [-0.2, -0.15) is 0 Å². The van der Waals surface area contributed by atoms with E-state index in [2.05, 4.69) is 16.7 Å². The van der Waals surface area contributed by atoms with Crippen LogP contribution in [0.15, 0.2) is 18.2 Å². The number of nitrogens with two attached hydrogens (primary N) is 1. The van der Waals surface area contributed by atoms with Gasteiger partial charge >= 0.3 is 6.09 Å². The summed E-state index contributed by atoms with van der Waals surface area (Å²) >= 11 is 0. The van der Waals surface area contributed by atoms with Crippen molar-refractivity contribution in [2.75, 3.05) is 6.54 Å². The molecule has 2 atom stereocenters. The minimum Gasteiger partial charge on any atom is -0.444 e. The summed E-state index contributed by atoms with van der Waals surface area (Å²) in [6.07, 6.45) is 6.25. The Bertz CT molecular complexity index is 961. The lowest BCUT2D eigenvalue weighted by Crippen LogP contribution is -2.52. The molecule has 4 N–H and O–H groups in total. The Morgan fingerprint density at radius 3 is 2.40 bits per heavy atom. The molecule has 0 saturated carbocycles. The van der Waals surface area contributed by atoms with Crippen LogP contribution in [0.3, 0.4) is 0 Å². The number of primary amides is 1. The van der Waals surface area contributed by atoms with Crippen molar-refractivity contribution in [3.8, 4) is 12.5 Å². The molecule has 192 valence electrons. The Hall–Kier alpha value is -3.54. The number of aryl methyl sites for hydroxylation is 2. The molecule has 0 aliphatic rings. The molecule has 35 heavy (non-hydrogen) atoms. The lowest BCUT2D eigenvalue weighted by atomic mass is 9.96. The molecule has 0 aliphatic heterocycles. The van der Waals surface area contributed by atoms with Gasteiger partial charge in [-0.1, -0.05) is 43.5 Å². The van der Waals surface area contributed by atoms with Gasteiger partial charge in [0.15, 0.2) is 0 Å². The molecule has 2 unspecified atom stereocenters. The van der Waals surface area contributed by atoms with E-state index in [9.17, 15) is 19.2 Å². The molecular weight excluding hydrogens is 448 g/mol. The summed E-state index contributed by atoms with van der Waals surface area (Å²) in [5.41, 5.74) is 6.69. The molecule has 1 rings (SSSR count). The van der Waals surface area contributed by atoms with Crippen LogP contribution in [0.1, 0.15) is 76.1 Å². The summed E-state index contributed by atoms with van der Waals surface area (Å²) < 4.78 is 5.26. The highest BCUT2D eigenvalue weighted by molar-refractivity contribution is 5.93. The average Bonchev–Trinajstić information content (AvgIpc) is 2.75. The second-order valence-electron chi connectivity index (χ2n) is 9.45. The number of rotatable bonds is 11. The first kappa shape index (κ1) is 29.5. The number of benzene rings is 1. The number of amides is 4. The van der Waals surface area contributed by atoms with Gasteiger partial charge in [-0.3, -0.25) is 19.3 Å². The lowest BCUT2D eigenvalue weighted by molar-refractivity contribution is -0.138. The molecule has 0 aromatic heterocycles. The van der Waals surface area contributed by atoms with Gasteiger partial charge in [0.2, 0.25) is 11.8 Å². The van der Waals surface area contributed by atoms with Crippen molar-refractivity contribution in [2.45, 2.75) is 84.9 Å². The molecule has 0 bridgehead atoms. The van der Waals surface area contributed by atoms with Crippen LogP contribution in [0, 0.1) is 26.3 Å². The van der Waals surface area contributed by atoms with Gasteiger partial charge in [0.1, 0.15) is 17.7 Å². The smallest absolute Gasteiger partial charge is 0.408 e. The summed E-state index contributed by atoms with van der Waals surface area (Å²) in [5, 5.41) is 5.32. The topological polar surface area (TPSA) is 131 Å². The van der Waals surface area contributed by atoms with E-state index in [0.29, 0.717) is 12.1 Å². The predicted octanol–water partition coefficient (Wildman–Crippen LogP) is 2.84. The van der Waals surface area contributed by atoms with E-state index in [1.807, 2.05) is 32.9 Å². The fraction of sp³-hybridized carbons (Fsp3) is 0.538. The molecule has 0 saturated heterocycles. The number of terminal acetylenes is 1. The van der Waals surface area contributed by atoms with Gasteiger partial charge < -0.3 is 21.1 Å². The first-order valence-electron chi connectivity index (χ1n) is 11.7. The number of carbonyl (C=O) groups excluding carboxylic acids is 4. The minimum absolute atomic E-state index is 0.109. The number of nitrogens with zero attached hydrogens (tertiary/aromatic N) is 1. The number of hydrogen-bond donors (Lipinski definition) is 3. The average molecular weight is 487 g/mol. The zero-order valence-corrected chi connectivity index (χ0v) is 21.6. The quantitative estimate of drug-likeness (QED) is 0.251. The molecule has 0 fully saturated rings. The third kappa shape index (κ3) is 9.69. The summed E-state index contributed by atoms with van der Waals surface area (Å²) in [6.45, 7) is 11.1. The second kappa shape index (κ2) is 13.4. The van der Waals surface area contributed by atoms with Crippen molar-refractivity contribution in [1.82, 2.24) is 15.5 Å². The number of alkyl carbamates (subject to hydrolysis) is 1. The van der Waals surface area contributed by atoms with Gasteiger partial charge in [0.05, 0.1) is 0 Å². The molecule has 4 amide bonds. The van der Waals surface area contributed by atoms with E-state index >= 15 is 0 Å². The summed E-state index contributed by atoms with van der Waals surface area (Å²) in [5.74, 6) is -1.81. The Labute approximate surface area is 208 Å². The van der Waals surface area contributed by atoms with Gasteiger partial charge in [0, 0.05) is 19.0 Å². The number of ether oxygens (including phenoxy) is 1. The van der Waals surface area contributed by atoms with E-state index < -0.39 is 41.5 Å². The third-order valence-corrected chi connectivity index (χ3v) is 5.11. The van der Waals surface area contributed by atoms with Crippen molar-refractivity contribution in [3.63, 3.8) is 0 Å². The summed E-state index contributed by atoms with van der Waals surface area (Å²) in [7, 11) is 0. The van der Waals surface area contributed by atoms with Crippen molar-refractivity contribution in [3.05, 3.63) is 34.9 Å². The van der Waals surface area contributed by atoms with Gasteiger partial charge in [-0.15, -0.1) is 0 Å². The Morgan fingerprint density at radius 2 is 1.86 bits per heavy atom. The monoisotopic (exact) mass is 486 g/mol. The normalized spacial score (nSPS) is 12.6. The van der Waals surface area contributed by atoms with E-state index in [1.165, 1.54) is 0 Å². The van der Waals surface area contributed by atoms with Crippen LogP contribution < -0.4 is 16.4 Å². The Kier molecular flexibility index (Phi) is 11.3. The molecule has 9 nitrogen and oxygen atoms in total. The van der Waals surface area contributed by atoms with Crippen LogP contribution in [-0.4, -0.2) is 46.9 Å². The van der Waals surface area contributed by atoms with Crippen LogP contribution in [0.5, 0.6) is 0 Å². The van der Waals surface area contributed by atoms with E-state index in [1.54, 1.807) is 26.8 Å². The van der Waals surface area contributed by atoms with Crippen molar-refractivity contribution >= 4 is 23.8 Å². The molecule has 0 spiro atoms. The maximum atomic E-state index is 13.6. The molecule has 9 heteroatoms. The molecule has 1 aromatic carbocycles. The largest absolute Gasteiger partial charge is 0.444 e. The predicted molar refractivity (Wildman–Crippen MR) is 134 cm³/mol. The van der Waals surface area contributed by atoms with Crippen molar-refractivity contribution in [1.29, 1.82) is 0 Å². The lowest BCUT2D eigenvalue weighted by Gasteiger charge is -2.31. The van der Waals surface area contributed by atoms with Gasteiger partial charge in [-0.05, 0) is 58.6 Å². The highest BCUT2D eigenvalue weighted by atomic mass is 16.6. The van der Waals surface area contributed by atoms with E-state index in [0.717, 1.165) is 28.9 Å². The van der Waals surface area contributed by atoms with Crippen LogP contribution in [-0.2, 0) is 19.1 Å². The van der Waals surface area contributed by atoms with Crippen LogP contribution in [0.4, 0.5) is 4.79 Å². The molecule has 0 radical (unpaired) electrons. The first-order valence-corrected chi connectivity index (χ1v) is 11.7. The van der Waals surface area contributed by atoms with Crippen molar-refractivity contribution < 1.29 is 23.9 Å². The van der Waals surface area contributed by atoms with Gasteiger partial charge in [0.25, 0.3) is 5.91 Å². The highest BCUT2D eigenvalue weighted by Crippen LogP contribution is 2.26. The Morgan fingerprint density at radius 1 is 1.20 bits per heavy atom. The fourth-order valence-corrected chi connectivity index (χ4v) is 3.36. The summed E-state index contributed by atoms with van der Waals surface area (Å²) in [6, 6.07) is 5.50. The zero-order chi connectivity index (χ0) is 26.8. The number of nitrogens with one attached hydrogen (secondary N) is 2. The molecule has 0 aliphatic carbocycles. The van der Waals surface area contributed by atoms with Crippen LogP contribution >= 0.6 is 0 Å². The Balaban J connectivity index is 3.42. The maximum Gasteiger partial charge on any atom is 0.408 e. The fourth-order valence-electron chi connectivity index (χ4n) is 3.36. The molecule has 1 aromatic rings. The molecule has 0 heterocycles. The van der Waals surface area contributed by atoms with Gasteiger partial charge in [-0.25, -0.2) is 4.79 Å². The number of unbranched alkanes of at least 4 members (excludes halogenated alkanes) is 1. The minimum atomic E-state index is -1.23. The number of hydrogen-bond acceptors (Lipinski definition) is 5. The maximum absolute atomic E-state index is 13.6. The first-order chi connectivity index (χ1) is 16.3. The van der Waals surface area contributed by atoms with E-state index in [-0.39, 0.29) is 12.8 Å². The molecular formula is C26H38N4O5. The van der Waals surface area contributed by atoms with Crippen LogP contribution in [0.25, 0.3) is 0 Å². The standard InChI is InChI=1S/C26H38N4O5/c1-8-10-15-28-23(32)22(19-16-17(3)11-12-18(19)4)30(9-2)24(33)20(13-14-21(27)31)29-25(34)35-26(5,6)7/h2,11-12,16,20,22H,8,10,13-15H2,1,3-7H3,(H2,27,31)(H,28,32)(H,29,34). The number of carbonyl (C=O) groups is 4. The highest BCUT2D eigenvalue weighted by Gasteiger charge is 2.36.